The van der Waals surface area contributed by atoms with Crippen molar-refractivity contribution in [3.05, 3.63) is 48.2 Å². The highest BCUT2D eigenvalue weighted by Gasteiger charge is 2.52. The maximum absolute atomic E-state index is 9.78. The Balaban J connectivity index is 1.96. The Morgan fingerprint density at radius 1 is 1.04 bits per heavy atom. The minimum absolute atomic E-state index is 0.0694. The number of aliphatic hydroxyl groups is 1. The first kappa shape index (κ1) is 16.2. The molecular weight excluding hydrogens is 289 g/mol. The Kier molecular flexibility index (Phi) is 4.04. The highest BCUT2D eigenvalue weighted by molar-refractivity contribution is 6.62. The molecule has 1 saturated heterocycles. The quantitative estimate of drug-likeness (QED) is 0.885. The topological polar surface area (TPSA) is 51.6 Å². The lowest BCUT2D eigenvalue weighted by Gasteiger charge is -2.32. The van der Waals surface area contributed by atoms with Crippen LogP contribution in [0.4, 0.5) is 0 Å². The molecule has 0 saturated carbocycles. The summed E-state index contributed by atoms with van der Waals surface area (Å²) >= 11 is 0. The van der Waals surface area contributed by atoms with Crippen molar-refractivity contribution in [1.82, 2.24) is 4.98 Å². The van der Waals surface area contributed by atoms with Crippen LogP contribution in [-0.2, 0) is 15.9 Å². The molecule has 5 heteroatoms. The van der Waals surface area contributed by atoms with Gasteiger partial charge in [-0.15, -0.1) is 0 Å². The van der Waals surface area contributed by atoms with Crippen LogP contribution < -0.4 is 5.46 Å². The highest BCUT2D eigenvalue weighted by Crippen LogP contribution is 2.36. The van der Waals surface area contributed by atoms with Crippen LogP contribution in [0.25, 0.3) is 11.3 Å². The van der Waals surface area contributed by atoms with Crippen molar-refractivity contribution < 1.29 is 14.4 Å². The number of rotatable bonds is 3. The first-order valence-corrected chi connectivity index (χ1v) is 7.85. The molecule has 120 valence electrons. The minimum atomic E-state index is -0.472. The van der Waals surface area contributed by atoms with Gasteiger partial charge in [0.2, 0.25) is 0 Å². The van der Waals surface area contributed by atoms with Crippen molar-refractivity contribution in [2.45, 2.75) is 45.5 Å². The zero-order valence-corrected chi connectivity index (χ0v) is 14.0. The van der Waals surface area contributed by atoms with E-state index < -0.39 is 18.3 Å². The summed E-state index contributed by atoms with van der Waals surface area (Å²) in [5.41, 5.74) is 2.71. The molecule has 1 N–H and O–H groups in total. The number of benzene rings is 1. The number of pyridine rings is 1. The second kappa shape index (κ2) is 5.75. The van der Waals surface area contributed by atoms with Crippen molar-refractivity contribution in [2.24, 2.45) is 0 Å². The third-order valence-electron chi connectivity index (χ3n) is 4.78. The zero-order chi connectivity index (χ0) is 16.7. The van der Waals surface area contributed by atoms with Gasteiger partial charge in [0.25, 0.3) is 0 Å². The van der Waals surface area contributed by atoms with Crippen molar-refractivity contribution >= 4 is 12.6 Å². The number of aliphatic hydroxyl groups excluding tert-OH is 1. The zero-order valence-electron chi connectivity index (χ0n) is 14.0. The first-order valence-electron chi connectivity index (χ1n) is 7.85. The molecule has 1 aromatic carbocycles. The minimum Gasteiger partial charge on any atom is -0.399 e. The van der Waals surface area contributed by atoms with Crippen LogP contribution in [0, 0.1) is 0 Å². The van der Waals surface area contributed by atoms with E-state index in [2.05, 4.69) is 4.98 Å². The van der Waals surface area contributed by atoms with E-state index in [1.807, 2.05) is 64.1 Å². The average Bonchev–Trinajstić information content (AvgIpc) is 2.75. The molecule has 0 atom stereocenters. The maximum Gasteiger partial charge on any atom is 0.495 e. The van der Waals surface area contributed by atoms with Crippen molar-refractivity contribution in [3.8, 4) is 11.3 Å². The Morgan fingerprint density at radius 2 is 1.74 bits per heavy atom. The Morgan fingerprint density at radius 3 is 2.30 bits per heavy atom. The van der Waals surface area contributed by atoms with Crippen LogP contribution in [0.5, 0.6) is 0 Å². The first-order chi connectivity index (χ1) is 10.8. The maximum atomic E-state index is 9.78. The molecule has 2 aromatic rings. The Labute approximate surface area is 137 Å². The van der Waals surface area contributed by atoms with Gasteiger partial charge in [0.15, 0.2) is 0 Å². The Hall–Kier alpha value is -1.69. The molecule has 1 fully saturated rings. The van der Waals surface area contributed by atoms with Crippen molar-refractivity contribution in [1.29, 1.82) is 0 Å². The van der Waals surface area contributed by atoms with Crippen LogP contribution in [0.15, 0.2) is 42.6 Å². The second-order valence-electron chi connectivity index (χ2n) is 6.87. The highest BCUT2D eigenvalue weighted by atomic mass is 16.7. The van der Waals surface area contributed by atoms with Crippen molar-refractivity contribution in [3.63, 3.8) is 0 Å². The molecule has 2 heterocycles. The molecule has 3 rings (SSSR count). The van der Waals surface area contributed by atoms with Gasteiger partial charge in [-0.25, -0.2) is 0 Å². The van der Waals surface area contributed by atoms with E-state index in [4.69, 9.17) is 9.31 Å². The number of hydrogen-bond donors (Lipinski definition) is 1. The summed E-state index contributed by atoms with van der Waals surface area (Å²) in [5, 5.41) is 9.78. The summed E-state index contributed by atoms with van der Waals surface area (Å²) in [6.45, 7) is 8.02. The van der Waals surface area contributed by atoms with E-state index >= 15 is 0 Å². The molecule has 1 aliphatic heterocycles. The molecule has 4 nitrogen and oxygen atoms in total. The van der Waals surface area contributed by atoms with Crippen LogP contribution >= 0.6 is 0 Å². The molecule has 23 heavy (non-hydrogen) atoms. The SMILES string of the molecule is CC1(C)OB(c2ccc(-c3ccccn3)cc2CO)OC1(C)C. The van der Waals surface area contributed by atoms with Gasteiger partial charge in [-0.3, -0.25) is 4.98 Å². The Bertz CT molecular complexity index is 685. The smallest absolute Gasteiger partial charge is 0.399 e. The van der Waals surface area contributed by atoms with Gasteiger partial charge in [0.1, 0.15) is 0 Å². The van der Waals surface area contributed by atoms with Crippen LogP contribution in [0.2, 0.25) is 0 Å². The fourth-order valence-corrected chi connectivity index (χ4v) is 2.64. The molecule has 1 aromatic heterocycles. The largest absolute Gasteiger partial charge is 0.495 e. The van der Waals surface area contributed by atoms with Crippen LogP contribution in [0.1, 0.15) is 33.3 Å². The van der Waals surface area contributed by atoms with Gasteiger partial charge in [-0.1, -0.05) is 18.2 Å². The van der Waals surface area contributed by atoms with E-state index in [1.54, 1.807) is 6.20 Å². The number of nitrogens with zero attached hydrogens (tertiary/aromatic N) is 1. The molecule has 0 spiro atoms. The third-order valence-corrected chi connectivity index (χ3v) is 4.78. The fourth-order valence-electron chi connectivity index (χ4n) is 2.64. The monoisotopic (exact) mass is 311 g/mol. The normalized spacial score (nSPS) is 19.1. The number of hydrogen-bond acceptors (Lipinski definition) is 4. The molecular formula is C18H22BNO3. The number of aromatic nitrogens is 1. The lowest BCUT2D eigenvalue weighted by Crippen LogP contribution is -2.41. The second-order valence-corrected chi connectivity index (χ2v) is 6.87. The van der Waals surface area contributed by atoms with E-state index in [1.165, 1.54) is 0 Å². The van der Waals surface area contributed by atoms with Gasteiger partial charge in [-0.2, -0.15) is 0 Å². The molecule has 0 radical (unpaired) electrons. The van der Waals surface area contributed by atoms with E-state index in [0.717, 1.165) is 22.3 Å². The lowest BCUT2D eigenvalue weighted by molar-refractivity contribution is 0.00578. The van der Waals surface area contributed by atoms with Gasteiger partial charge in [-0.05, 0) is 56.9 Å². The van der Waals surface area contributed by atoms with Crippen LogP contribution in [0.3, 0.4) is 0 Å². The van der Waals surface area contributed by atoms with Gasteiger partial charge in [0, 0.05) is 11.8 Å². The predicted molar refractivity (Wildman–Crippen MR) is 91.3 cm³/mol. The summed E-state index contributed by atoms with van der Waals surface area (Å²) < 4.78 is 12.2. The molecule has 0 bridgehead atoms. The van der Waals surface area contributed by atoms with E-state index in [9.17, 15) is 5.11 Å². The predicted octanol–water partition coefficient (Wildman–Crippen LogP) is 2.54. The molecule has 0 aliphatic carbocycles. The van der Waals surface area contributed by atoms with Crippen LogP contribution in [-0.4, -0.2) is 28.4 Å². The van der Waals surface area contributed by atoms with Gasteiger partial charge < -0.3 is 14.4 Å². The molecule has 1 aliphatic rings. The summed E-state index contributed by atoms with van der Waals surface area (Å²) in [6, 6.07) is 11.7. The molecule has 0 unspecified atom stereocenters. The van der Waals surface area contributed by atoms with E-state index in [-0.39, 0.29) is 6.61 Å². The lowest BCUT2D eigenvalue weighted by atomic mass is 9.75. The fraction of sp³-hybridized carbons (Fsp3) is 0.389. The van der Waals surface area contributed by atoms with Crippen molar-refractivity contribution in [2.75, 3.05) is 0 Å². The summed E-state index contributed by atoms with van der Waals surface area (Å²) in [5.74, 6) is 0. The summed E-state index contributed by atoms with van der Waals surface area (Å²) in [7, 11) is -0.472. The standard InChI is InChI=1S/C18H22BNO3/c1-17(2)18(3,4)23-19(22-17)15-9-8-13(11-14(15)12-21)16-7-5-6-10-20-16/h5-11,21H,12H2,1-4H3. The summed E-state index contributed by atoms with van der Waals surface area (Å²) in [6.07, 6.45) is 1.76. The van der Waals surface area contributed by atoms with Gasteiger partial charge in [0.05, 0.1) is 23.5 Å². The molecule has 0 amide bonds. The third kappa shape index (κ3) is 2.92. The van der Waals surface area contributed by atoms with E-state index in [0.29, 0.717) is 0 Å². The average molecular weight is 311 g/mol. The van der Waals surface area contributed by atoms with Gasteiger partial charge >= 0.3 is 7.12 Å². The summed E-state index contributed by atoms with van der Waals surface area (Å²) in [4.78, 5) is 4.35.